The summed E-state index contributed by atoms with van der Waals surface area (Å²) < 4.78 is 5.48. The maximum Gasteiger partial charge on any atom is 0.251 e. The Balaban J connectivity index is 1.55. The van der Waals surface area contributed by atoms with Crippen LogP contribution in [-0.4, -0.2) is 43.1 Å². The molecule has 1 fully saturated rings. The first-order valence-corrected chi connectivity index (χ1v) is 8.05. The van der Waals surface area contributed by atoms with Gasteiger partial charge in [0.2, 0.25) is 0 Å². The molecule has 3 rings (SSSR count). The third-order valence-electron chi connectivity index (χ3n) is 4.41. The van der Waals surface area contributed by atoms with Crippen LogP contribution in [-0.2, 0) is 6.42 Å². The van der Waals surface area contributed by atoms with E-state index in [2.05, 4.69) is 17.1 Å². The number of hydrogen-bond acceptors (Lipinski definition) is 3. The predicted molar refractivity (Wildman–Crippen MR) is 82.9 cm³/mol. The average molecular weight is 288 g/mol. The number of nitrogens with one attached hydrogen (secondary N) is 1. The fraction of sp³-hybridized carbons (Fsp3) is 0.588. The molecule has 0 spiro atoms. The van der Waals surface area contributed by atoms with Gasteiger partial charge >= 0.3 is 0 Å². The quantitative estimate of drug-likeness (QED) is 0.923. The topological polar surface area (TPSA) is 41.6 Å². The van der Waals surface area contributed by atoms with Crippen molar-refractivity contribution in [2.24, 2.45) is 0 Å². The standard InChI is InChI=1S/C17H24N2O2/c1-2-8-19-9-5-15(6-10-19)18-17(20)14-3-4-16-13(12-14)7-11-21-16/h3-4,12,15H,2,5-11H2,1H3,(H,18,20). The molecule has 21 heavy (non-hydrogen) atoms. The second-order valence-electron chi connectivity index (χ2n) is 6.01. The van der Waals surface area contributed by atoms with E-state index in [1.807, 2.05) is 18.2 Å². The Bertz CT molecular complexity index is 508. The Kier molecular flexibility index (Phi) is 4.44. The van der Waals surface area contributed by atoms with Crippen molar-refractivity contribution in [3.8, 4) is 5.75 Å². The van der Waals surface area contributed by atoms with Crippen molar-refractivity contribution in [1.29, 1.82) is 0 Å². The number of hydrogen-bond donors (Lipinski definition) is 1. The molecule has 0 atom stereocenters. The van der Waals surface area contributed by atoms with Gasteiger partial charge in [0, 0.05) is 31.1 Å². The Labute approximate surface area is 126 Å². The lowest BCUT2D eigenvalue weighted by atomic mass is 10.0. The Hall–Kier alpha value is -1.55. The van der Waals surface area contributed by atoms with E-state index >= 15 is 0 Å². The van der Waals surface area contributed by atoms with Gasteiger partial charge in [0.15, 0.2) is 0 Å². The number of likely N-dealkylation sites (tertiary alicyclic amines) is 1. The van der Waals surface area contributed by atoms with Crippen molar-refractivity contribution in [2.75, 3.05) is 26.2 Å². The van der Waals surface area contributed by atoms with E-state index < -0.39 is 0 Å². The van der Waals surface area contributed by atoms with Gasteiger partial charge in [-0.25, -0.2) is 0 Å². The summed E-state index contributed by atoms with van der Waals surface area (Å²) in [5, 5.41) is 3.18. The third-order valence-corrected chi connectivity index (χ3v) is 4.41. The van der Waals surface area contributed by atoms with Gasteiger partial charge < -0.3 is 15.0 Å². The second kappa shape index (κ2) is 6.48. The first-order chi connectivity index (χ1) is 10.3. The fourth-order valence-electron chi connectivity index (χ4n) is 3.21. The molecule has 114 valence electrons. The van der Waals surface area contributed by atoms with Gasteiger partial charge in [-0.05, 0) is 49.6 Å². The van der Waals surface area contributed by atoms with Gasteiger partial charge in [-0.3, -0.25) is 4.79 Å². The van der Waals surface area contributed by atoms with E-state index in [-0.39, 0.29) is 5.91 Å². The zero-order valence-electron chi connectivity index (χ0n) is 12.7. The third kappa shape index (κ3) is 3.38. The van der Waals surface area contributed by atoms with Crippen molar-refractivity contribution in [3.63, 3.8) is 0 Å². The zero-order valence-corrected chi connectivity index (χ0v) is 12.7. The molecule has 2 aliphatic heterocycles. The lowest BCUT2D eigenvalue weighted by molar-refractivity contribution is 0.0911. The summed E-state index contributed by atoms with van der Waals surface area (Å²) in [7, 11) is 0. The Morgan fingerprint density at radius 1 is 1.38 bits per heavy atom. The molecule has 0 bridgehead atoms. The maximum atomic E-state index is 12.4. The maximum absolute atomic E-state index is 12.4. The molecule has 0 saturated carbocycles. The normalized spacial score (nSPS) is 19.1. The minimum Gasteiger partial charge on any atom is -0.493 e. The molecule has 2 aliphatic rings. The van der Waals surface area contributed by atoms with Gasteiger partial charge in [-0.1, -0.05) is 6.92 Å². The number of carbonyl (C=O) groups is 1. The molecular formula is C17H24N2O2. The van der Waals surface area contributed by atoms with E-state index in [1.54, 1.807) is 0 Å². The molecule has 1 saturated heterocycles. The molecule has 2 heterocycles. The van der Waals surface area contributed by atoms with Crippen molar-refractivity contribution in [3.05, 3.63) is 29.3 Å². The predicted octanol–water partition coefficient (Wildman–Crippen LogP) is 2.23. The summed E-state index contributed by atoms with van der Waals surface area (Å²) in [5.74, 6) is 0.984. The van der Waals surface area contributed by atoms with Crippen LogP contribution < -0.4 is 10.1 Å². The molecule has 0 radical (unpaired) electrons. The first-order valence-electron chi connectivity index (χ1n) is 8.05. The van der Waals surface area contributed by atoms with E-state index in [1.165, 1.54) is 13.0 Å². The SMILES string of the molecule is CCCN1CCC(NC(=O)c2ccc3c(c2)CCO3)CC1. The molecule has 0 aliphatic carbocycles. The van der Waals surface area contributed by atoms with Crippen LogP contribution in [0.2, 0.25) is 0 Å². The van der Waals surface area contributed by atoms with E-state index in [9.17, 15) is 4.79 Å². The molecule has 0 aromatic heterocycles. The molecule has 1 N–H and O–H groups in total. The zero-order chi connectivity index (χ0) is 14.7. The highest BCUT2D eigenvalue weighted by molar-refractivity contribution is 5.94. The van der Waals surface area contributed by atoms with Crippen molar-refractivity contribution >= 4 is 5.91 Å². The van der Waals surface area contributed by atoms with Crippen molar-refractivity contribution in [1.82, 2.24) is 10.2 Å². The number of nitrogens with zero attached hydrogens (tertiary/aromatic N) is 1. The molecule has 4 heteroatoms. The summed E-state index contributed by atoms with van der Waals surface area (Å²) in [5.41, 5.74) is 1.91. The molecule has 0 unspecified atom stereocenters. The van der Waals surface area contributed by atoms with Crippen LogP contribution in [0.3, 0.4) is 0 Å². The van der Waals surface area contributed by atoms with Crippen LogP contribution in [0, 0.1) is 0 Å². The minimum atomic E-state index is 0.0543. The average Bonchev–Trinajstić information content (AvgIpc) is 2.97. The van der Waals surface area contributed by atoms with E-state index in [0.29, 0.717) is 6.04 Å². The minimum absolute atomic E-state index is 0.0543. The fourth-order valence-corrected chi connectivity index (χ4v) is 3.21. The first kappa shape index (κ1) is 14.4. The van der Waals surface area contributed by atoms with Gasteiger partial charge in [0.05, 0.1) is 6.61 Å². The molecular weight excluding hydrogens is 264 g/mol. The molecule has 1 aromatic rings. The van der Waals surface area contributed by atoms with Crippen LogP contribution in [0.15, 0.2) is 18.2 Å². The summed E-state index contributed by atoms with van der Waals surface area (Å²) in [6, 6.07) is 6.08. The van der Waals surface area contributed by atoms with Crippen LogP contribution in [0.25, 0.3) is 0 Å². The lowest BCUT2D eigenvalue weighted by Gasteiger charge is -2.32. The highest BCUT2D eigenvalue weighted by Gasteiger charge is 2.21. The number of benzene rings is 1. The number of piperidine rings is 1. The number of ether oxygens (including phenoxy) is 1. The van der Waals surface area contributed by atoms with E-state index in [0.717, 1.165) is 55.8 Å². The van der Waals surface area contributed by atoms with Crippen LogP contribution >= 0.6 is 0 Å². The lowest BCUT2D eigenvalue weighted by Crippen LogP contribution is -2.44. The van der Waals surface area contributed by atoms with Gasteiger partial charge in [-0.15, -0.1) is 0 Å². The van der Waals surface area contributed by atoms with Gasteiger partial charge in [-0.2, -0.15) is 0 Å². The van der Waals surface area contributed by atoms with Crippen LogP contribution in [0.1, 0.15) is 42.1 Å². The second-order valence-corrected chi connectivity index (χ2v) is 6.01. The molecule has 1 aromatic carbocycles. The molecule has 4 nitrogen and oxygen atoms in total. The number of amides is 1. The van der Waals surface area contributed by atoms with Crippen LogP contribution in [0.5, 0.6) is 5.75 Å². The summed E-state index contributed by atoms with van der Waals surface area (Å²) in [4.78, 5) is 14.8. The molecule has 1 amide bonds. The summed E-state index contributed by atoms with van der Waals surface area (Å²) in [6.07, 6.45) is 4.22. The summed E-state index contributed by atoms with van der Waals surface area (Å²) in [6.45, 7) is 6.31. The number of carbonyl (C=O) groups excluding carboxylic acids is 1. The van der Waals surface area contributed by atoms with Gasteiger partial charge in [0.25, 0.3) is 5.91 Å². The van der Waals surface area contributed by atoms with Crippen molar-refractivity contribution < 1.29 is 9.53 Å². The smallest absolute Gasteiger partial charge is 0.251 e. The highest BCUT2D eigenvalue weighted by atomic mass is 16.5. The number of fused-ring (bicyclic) bond motifs is 1. The summed E-state index contributed by atoms with van der Waals surface area (Å²) >= 11 is 0. The Morgan fingerprint density at radius 2 is 2.19 bits per heavy atom. The largest absolute Gasteiger partial charge is 0.493 e. The van der Waals surface area contributed by atoms with E-state index in [4.69, 9.17) is 4.74 Å². The highest BCUT2D eigenvalue weighted by Crippen LogP contribution is 2.26. The monoisotopic (exact) mass is 288 g/mol. The van der Waals surface area contributed by atoms with Crippen LogP contribution in [0.4, 0.5) is 0 Å². The van der Waals surface area contributed by atoms with Crippen molar-refractivity contribution in [2.45, 2.75) is 38.6 Å². The van der Waals surface area contributed by atoms with Gasteiger partial charge in [0.1, 0.15) is 5.75 Å². The number of rotatable bonds is 4. The Morgan fingerprint density at radius 3 is 2.95 bits per heavy atom.